The van der Waals surface area contributed by atoms with Gasteiger partial charge in [0.1, 0.15) is 9.68 Å². The molecule has 0 bridgehead atoms. The molecule has 2 heteroatoms. The molecule has 1 saturated carbocycles. The third-order valence-corrected chi connectivity index (χ3v) is 5.66. The minimum atomic E-state index is -0.205. The van der Waals surface area contributed by atoms with E-state index < -0.39 is 0 Å². The summed E-state index contributed by atoms with van der Waals surface area (Å²) in [4.78, 5) is 0. The highest BCUT2D eigenvalue weighted by molar-refractivity contribution is 6.50. The predicted octanol–water partition coefficient (Wildman–Crippen LogP) is 2.05. The molecule has 1 nitrogen and oxygen atoms in total. The van der Waals surface area contributed by atoms with Crippen LogP contribution in [0.4, 0.5) is 0 Å². The Balaban J connectivity index is 1.96. The first-order chi connectivity index (χ1) is 7.90. The van der Waals surface area contributed by atoms with Crippen LogP contribution in [0, 0.1) is 0 Å². The zero-order valence-corrected chi connectivity index (χ0v) is 11.8. The molecule has 0 aromatic heterocycles. The summed E-state index contributed by atoms with van der Waals surface area (Å²) in [5.74, 6) is 0. The van der Waals surface area contributed by atoms with Crippen molar-refractivity contribution in [1.29, 1.82) is 0 Å². The molecule has 16 heavy (non-hydrogen) atoms. The molecule has 1 aliphatic carbocycles. The summed E-state index contributed by atoms with van der Waals surface area (Å²) in [7, 11) is -0.205. The van der Waals surface area contributed by atoms with Crippen molar-refractivity contribution in [2.24, 2.45) is 0 Å². The Hall–Kier alpha value is -0.603. The first-order valence-electron chi connectivity index (χ1n) is 6.68. The molecular weight excluding hydrogens is 210 g/mol. The van der Waals surface area contributed by atoms with Crippen molar-refractivity contribution in [2.45, 2.75) is 45.1 Å². The third-order valence-electron chi connectivity index (χ3n) is 3.58. The minimum Gasteiger partial charge on any atom is -0.322 e. The van der Waals surface area contributed by atoms with E-state index in [1.54, 1.807) is 5.19 Å². The highest BCUT2D eigenvalue weighted by Crippen LogP contribution is 2.22. The maximum atomic E-state index is 2.82. The molecule has 1 aromatic carbocycles. The van der Waals surface area contributed by atoms with E-state index in [0.29, 0.717) is 0 Å². The van der Waals surface area contributed by atoms with Gasteiger partial charge in [-0.2, -0.15) is 0 Å². The average Bonchev–Trinajstić information content (AvgIpc) is 2.83. The largest absolute Gasteiger partial charge is 0.322 e. The lowest BCUT2D eigenvalue weighted by atomic mass is 10.2. The van der Waals surface area contributed by atoms with Gasteiger partial charge in [-0.25, -0.2) is 0 Å². The summed E-state index contributed by atoms with van der Waals surface area (Å²) in [6, 6.07) is 12.0. The number of benzene rings is 1. The highest BCUT2D eigenvalue weighted by atomic mass is 28.2. The van der Waals surface area contributed by atoms with Crippen LogP contribution in [-0.2, 0) is 0 Å². The van der Waals surface area contributed by atoms with Crippen molar-refractivity contribution in [1.82, 2.24) is 4.57 Å². The lowest BCUT2D eigenvalue weighted by Gasteiger charge is -2.28. The molecule has 0 N–H and O–H groups in total. The summed E-state index contributed by atoms with van der Waals surface area (Å²) < 4.78 is 2.82. The molecule has 0 spiro atoms. The molecule has 2 rings (SSSR count). The van der Waals surface area contributed by atoms with Crippen molar-refractivity contribution in [3.63, 3.8) is 0 Å². The Labute approximate surface area is 102 Å². The van der Waals surface area contributed by atoms with Gasteiger partial charge in [0.2, 0.25) is 0 Å². The maximum Gasteiger partial charge on any atom is 0.127 e. The number of hydrogen-bond donors (Lipinski definition) is 0. The van der Waals surface area contributed by atoms with Crippen LogP contribution in [0.5, 0.6) is 0 Å². The first kappa shape index (κ1) is 11.9. The first-order valence-corrected chi connectivity index (χ1v) is 8.02. The predicted molar refractivity (Wildman–Crippen MR) is 73.9 cm³/mol. The Bertz CT molecular complexity index is 293. The van der Waals surface area contributed by atoms with E-state index in [1.807, 2.05) is 0 Å². The Morgan fingerprint density at radius 1 is 1.19 bits per heavy atom. The van der Waals surface area contributed by atoms with Crippen LogP contribution in [0.15, 0.2) is 30.3 Å². The molecule has 0 saturated heterocycles. The summed E-state index contributed by atoms with van der Waals surface area (Å²) in [6.07, 6.45) is 7.10. The Morgan fingerprint density at radius 3 is 2.50 bits per heavy atom. The molecule has 0 atom stereocenters. The lowest BCUT2D eigenvalue weighted by Crippen LogP contribution is -2.42. The summed E-state index contributed by atoms with van der Waals surface area (Å²) in [5.41, 5.74) is 0. The van der Waals surface area contributed by atoms with E-state index in [0.717, 1.165) is 6.04 Å². The number of nitrogens with zero attached hydrogens (tertiary/aromatic N) is 1. The van der Waals surface area contributed by atoms with Crippen LogP contribution in [-0.4, -0.2) is 26.8 Å². The second-order valence-electron chi connectivity index (χ2n) is 4.89. The van der Waals surface area contributed by atoms with Gasteiger partial charge in [-0.05, 0) is 31.0 Å². The van der Waals surface area contributed by atoms with Gasteiger partial charge < -0.3 is 4.57 Å². The van der Waals surface area contributed by atoms with Gasteiger partial charge >= 0.3 is 0 Å². The van der Waals surface area contributed by atoms with Gasteiger partial charge in [0.05, 0.1) is 0 Å². The monoisotopic (exact) mass is 233 g/mol. The maximum absolute atomic E-state index is 2.82. The van der Waals surface area contributed by atoms with Crippen molar-refractivity contribution < 1.29 is 0 Å². The van der Waals surface area contributed by atoms with Crippen LogP contribution in [0.3, 0.4) is 0 Å². The molecular formula is C14H23NSi. The third kappa shape index (κ3) is 3.19. The summed E-state index contributed by atoms with van der Waals surface area (Å²) in [5, 5.41) is 1.60. The Morgan fingerprint density at radius 2 is 1.88 bits per heavy atom. The van der Waals surface area contributed by atoms with Gasteiger partial charge in [-0.3, -0.25) is 0 Å². The van der Waals surface area contributed by atoms with Crippen molar-refractivity contribution in [3.8, 4) is 0 Å². The normalized spacial score (nSPS) is 17.9. The van der Waals surface area contributed by atoms with E-state index in [2.05, 4.69) is 41.8 Å². The van der Waals surface area contributed by atoms with Crippen LogP contribution in [0.2, 0.25) is 0 Å². The molecule has 88 valence electrons. The highest BCUT2D eigenvalue weighted by Gasteiger charge is 2.21. The quantitative estimate of drug-likeness (QED) is 0.704. The van der Waals surface area contributed by atoms with Crippen molar-refractivity contribution in [3.05, 3.63) is 30.3 Å². The van der Waals surface area contributed by atoms with Crippen LogP contribution in [0.25, 0.3) is 0 Å². The van der Waals surface area contributed by atoms with E-state index >= 15 is 0 Å². The number of rotatable bonds is 5. The molecule has 1 aliphatic rings. The van der Waals surface area contributed by atoms with Gasteiger partial charge in [0.15, 0.2) is 0 Å². The number of hydrogen-bond acceptors (Lipinski definition) is 1. The van der Waals surface area contributed by atoms with Crippen LogP contribution >= 0.6 is 0 Å². The topological polar surface area (TPSA) is 3.24 Å². The fourth-order valence-corrected chi connectivity index (χ4v) is 4.81. The zero-order valence-electron chi connectivity index (χ0n) is 10.4. The van der Waals surface area contributed by atoms with E-state index in [-0.39, 0.29) is 9.68 Å². The van der Waals surface area contributed by atoms with Gasteiger partial charge in [0, 0.05) is 6.04 Å². The zero-order chi connectivity index (χ0) is 11.2. The van der Waals surface area contributed by atoms with Crippen molar-refractivity contribution >= 4 is 14.9 Å². The molecule has 0 unspecified atom stereocenters. The fourth-order valence-electron chi connectivity index (χ4n) is 2.77. The van der Waals surface area contributed by atoms with Gasteiger partial charge in [0.25, 0.3) is 0 Å². The molecule has 0 amide bonds. The SMILES string of the molecule is CCCN([SiH2]c1ccccc1)C1CCCC1. The molecule has 0 aliphatic heterocycles. The van der Waals surface area contributed by atoms with E-state index in [4.69, 9.17) is 0 Å². The second kappa shape index (κ2) is 6.21. The van der Waals surface area contributed by atoms with Gasteiger partial charge in [-0.1, -0.05) is 50.1 Å². The summed E-state index contributed by atoms with van der Waals surface area (Å²) in [6.45, 7) is 3.62. The minimum absolute atomic E-state index is 0.205. The van der Waals surface area contributed by atoms with Crippen molar-refractivity contribution in [2.75, 3.05) is 6.54 Å². The molecule has 0 radical (unpaired) electrons. The smallest absolute Gasteiger partial charge is 0.127 e. The van der Waals surface area contributed by atoms with Crippen LogP contribution in [0.1, 0.15) is 39.0 Å². The standard InChI is InChI=1S/C14H23NSi/c1-2-12-15(13-8-6-7-9-13)16-14-10-4-3-5-11-14/h3-5,10-11,13H,2,6-9,12,16H2,1H3. The fraction of sp³-hybridized carbons (Fsp3) is 0.571. The van der Waals surface area contributed by atoms with Gasteiger partial charge in [-0.15, -0.1) is 0 Å². The molecule has 1 fully saturated rings. The van der Waals surface area contributed by atoms with E-state index in [9.17, 15) is 0 Å². The second-order valence-corrected chi connectivity index (χ2v) is 6.84. The average molecular weight is 233 g/mol. The van der Waals surface area contributed by atoms with Crippen LogP contribution < -0.4 is 5.19 Å². The lowest BCUT2D eigenvalue weighted by molar-refractivity contribution is 0.337. The molecule has 1 aromatic rings. The van der Waals surface area contributed by atoms with E-state index in [1.165, 1.54) is 38.6 Å². The Kier molecular flexibility index (Phi) is 4.61. The summed E-state index contributed by atoms with van der Waals surface area (Å²) >= 11 is 0. The molecule has 0 heterocycles.